The average molecular weight is 299 g/mol. The van der Waals surface area contributed by atoms with Crippen molar-refractivity contribution in [2.45, 2.75) is 32.4 Å². The molecule has 1 aliphatic heterocycles. The van der Waals surface area contributed by atoms with Crippen molar-refractivity contribution >= 4 is 18.3 Å². The highest BCUT2D eigenvalue weighted by molar-refractivity contribution is 5.85. The van der Waals surface area contributed by atoms with E-state index < -0.39 is 0 Å². The van der Waals surface area contributed by atoms with E-state index in [-0.39, 0.29) is 37.1 Å². The van der Waals surface area contributed by atoms with E-state index in [1.165, 1.54) is 11.1 Å². The molecule has 1 aromatic carbocycles. The van der Waals surface area contributed by atoms with Crippen LogP contribution in [0.2, 0.25) is 0 Å². The number of carbonyl (C=O) groups excluding carboxylic acids is 1. The number of nitrogens with one attached hydrogen (secondary N) is 2. The van der Waals surface area contributed by atoms with Crippen molar-refractivity contribution in [3.8, 4) is 0 Å². The van der Waals surface area contributed by atoms with E-state index in [1.807, 2.05) is 19.9 Å². The van der Waals surface area contributed by atoms with Gasteiger partial charge in [-0.1, -0.05) is 24.3 Å². The number of rotatable bonds is 5. The van der Waals surface area contributed by atoms with E-state index in [1.54, 1.807) is 0 Å². The Morgan fingerprint density at radius 1 is 1.45 bits per heavy atom. The van der Waals surface area contributed by atoms with Gasteiger partial charge < -0.3 is 15.4 Å². The Balaban J connectivity index is 0.00000200. The van der Waals surface area contributed by atoms with Crippen LogP contribution in [0.15, 0.2) is 24.3 Å². The average Bonchev–Trinajstić information content (AvgIpc) is 2.42. The summed E-state index contributed by atoms with van der Waals surface area (Å²) in [6.45, 7) is 5.54. The Labute approximate surface area is 126 Å². The van der Waals surface area contributed by atoms with E-state index in [2.05, 4.69) is 28.8 Å². The molecule has 4 nitrogen and oxygen atoms in total. The molecular formula is C15H23ClN2O2. The molecule has 0 radical (unpaired) electrons. The van der Waals surface area contributed by atoms with Crippen LogP contribution in [0.5, 0.6) is 0 Å². The number of halogens is 1. The molecule has 0 spiro atoms. The van der Waals surface area contributed by atoms with Crippen molar-refractivity contribution in [2.24, 2.45) is 0 Å². The molecule has 112 valence electrons. The van der Waals surface area contributed by atoms with Crippen LogP contribution in [0.3, 0.4) is 0 Å². The fourth-order valence-corrected chi connectivity index (χ4v) is 2.28. The van der Waals surface area contributed by atoms with Gasteiger partial charge in [0.25, 0.3) is 0 Å². The highest BCUT2D eigenvalue weighted by Crippen LogP contribution is 2.21. The largest absolute Gasteiger partial charge is 0.369 e. The SMILES string of the molecule is CC(C)OCC(=O)NCC1NCCc2ccccc21.Cl. The van der Waals surface area contributed by atoms with Gasteiger partial charge in [-0.3, -0.25) is 4.79 Å². The quantitative estimate of drug-likeness (QED) is 0.872. The first-order valence-electron chi connectivity index (χ1n) is 6.86. The van der Waals surface area contributed by atoms with Crippen LogP contribution in [0.4, 0.5) is 0 Å². The molecule has 1 aliphatic rings. The standard InChI is InChI=1S/C15H22N2O2.ClH/c1-11(2)19-10-15(18)17-9-14-13-6-4-3-5-12(13)7-8-16-14;/h3-6,11,14,16H,7-10H2,1-2H3,(H,17,18);1H. The first-order valence-corrected chi connectivity index (χ1v) is 6.86. The molecule has 5 heteroatoms. The van der Waals surface area contributed by atoms with E-state index in [0.717, 1.165) is 13.0 Å². The summed E-state index contributed by atoms with van der Waals surface area (Å²) >= 11 is 0. The molecule has 1 amide bonds. The Bertz CT molecular complexity index is 438. The van der Waals surface area contributed by atoms with Gasteiger partial charge in [0.05, 0.1) is 6.10 Å². The normalized spacial score (nSPS) is 17.2. The van der Waals surface area contributed by atoms with E-state index in [9.17, 15) is 4.79 Å². The molecular weight excluding hydrogens is 276 g/mol. The second-order valence-electron chi connectivity index (χ2n) is 5.12. The summed E-state index contributed by atoms with van der Waals surface area (Å²) in [5.41, 5.74) is 2.66. The fourth-order valence-electron chi connectivity index (χ4n) is 2.28. The number of carbonyl (C=O) groups is 1. The van der Waals surface area contributed by atoms with Crippen LogP contribution in [0.25, 0.3) is 0 Å². The number of amides is 1. The lowest BCUT2D eigenvalue weighted by molar-refractivity contribution is -0.127. The fraction of sp³-hybridized carbons (Fsp3) is 0.533. The summed E-state index contributed by atoms with van der Waals surface area (Å²) in [4.78, 5) is 11.6. The Hall–Kier alpha value is -1.10. The summed E-state index contributed by atoms with van der Waals surface area (Å²) in [6, 6.07) is 8.60. The van der Waals surface area contributed by atoms with Crippen molar-refractivity contribution < 1.29 is 9.53 Å². The molecule has 1 heterocycles. The minimum atomic E-state index is -0.0569. The zero-order valence-corrected chi connectivity index (χ0v) is 12.8. The monoisotopic (exact) mass is 298 g/mol. The number of hydrogen-bond donors (Lipinski definition) is 2. The number of fused-ring (bicyclic) bond motifs is 1. The van der Waals surface area contributed by atoms with Crippen molar-refractivity contribution in [1.82, 2.24) is 10.6 Å². The van der Waals surface area contributed by atoms with Crippen LogP contribution >= 0.6 is 12.4 Å². The van der Waals surface area contributed by atoms with Crippen LogP contribution in [-0.4, -0.2) is 31.7 Å². The van der Waals surface area contributed by atoms with Gasteiger partial charge in [0.15, 0.2) is 0 Å². The molecule has 2 rings (SSSR count). The maximum absolute atomic E-state index is 11.6. The van der Waals surface area contributed by atoms with E-state index >= 15 is 0 Å². The van der Waals surface area contributed by atoms with Crippen molar-refractivity contribution in [3.63, 3.8) is 0 Å². The molecule has 0 saturated heterocycles. The van der Waals surface area contributed by atoms with Gasteiger partial charge in [0, 0.05) is 12.6 Å². The molecule has 1 atom stereocenters. The maximum atomic E-state index is 11.6. The van der Waals surface area contributed by atoms with Crippen LogP contribution in [-0.2, 0) is 16.0 Å². The van der Waals surface area contributed by atoms with Crippen molar-refractivity contribution in [3.05, 3.63) is 35.4 Å². The predicted molar refractivity (Wildman–Crippen MR) is 82.2 cm³/mol. The minimum Gasteiger partial charge on any atom is -0.369 e. The molecule has 1 unspecified atom stereocenters. The number of hydrogen-bond acceptors (Lipinski definition) is 3. The van der Waals surface area contributed by atoms with Gasteiger partial charge in [-0.2, -0.15) is 0 Å². The van der Waals surface area contributed by atoms with Gasteiger partial charge >= 0.3 is 0 Å². The third kappa shape index (κ3) is 4.78. The maximum Gasteiger partial charge on any atom is 0.246 e. The molecule has 0 saturated carbocycles. The third-order valence-corrected chi connectivity index (χ3v) is 3.27. The predicted octanol–water partition coefficient (Wildman–Crippen LogP) is 1.84. The summed E-state index contributed by atoms with van der Waals surface area (Å²) in [5.74, 6) is -0.0569. The molecule has 20 heavy (non-hydrogen) atoms. The highest BCUT2D eigenvalue weighted by Gasteiger charge is 2.19. The Morgan fingerprint density at radius 3 is 2.95 bits per heavy atom. The smallest absolute Gasteiger partial charge is 0.246 e. The zero-order chi connectivity index (χ0) is 13.7. The minimum absolute atomic E-state index is 0. The molecule has 1 aromatic rings. The first kappa shape index (κ1) is 17.0. The summed E-state index contributed by atoms with van der Waals surface area (Å²) in [5, 5.41) is 6.36. The van der Waals surface area contributed by atoms with Gasteiger partial charge in [-0.05, 0) is 37.9 Å². The van der Waals surface area contributed by atoms with Gasteiger partial charge in [0.1, 0.15) is 6.61 Å². The van der Waals surface area contributed by atoms with E-state index in [0.29, 0.717) is 6.54 Å². The molecule has 0 bridgehead atoms. The Kier molecular flexibility index (Phi) is 6.99. The first-order chi connectivity index (χ1) is 9.16. The lowest BCUT2D eigenvalue weighted by Crippen LogP contribution is -2.40. The van der Waals surface area contributed by atoms with Crippen molar-refractivity contribution in [1.29, 1.82) is 0 Å². The Morgan fingerprint density at radius 2 is 2.20 bits per heavy atom. The van der Waals surface area contributed by atoms with Crippen LogP contribution in [0.1, 0.15) is 31.0 Å². The summed E-state index contributed by atoms with van der Waals surface area (Å²) in [6.07, 6.45) is 1.14. The topological polar surface area (TPSA) is 50.4 Å². The number of ether oxygens (including phenoxy) is 1. The number of benzene rings is 1. The van der Waals surface area contributed by atoms with Gasteiger partial charge in [0.2, 0.25) is 5.91 Å². The second-order valence-corrected chi connectivity index (χ2v) is 5.12. The summed E-state index contributed by atoms with van der Waals surface area (Å²) in [7, 11) is 0. The third-order valence-electron chi connectivity index (χ3n) is 3.27. The second kappa shape index (κ2) is 8.25. The van der Waals surface area contributed by atoms with Crippen LogP contribution in [0, 0.1) is 0 Å². The lowest BCUT2D eigenvalue weighted by Gasteiger charge is -2.27. The summed E-state index contributed by atoms with van der Waals surface area (Å²) < 4.78 is 5.28. The molecule has 0 aliphatic carbocycles. The molecule has 0 fully saturated rings. The highest BCUT2D eigenvalue weighted by atomic mass is 35.5. The van der Waals surface area contributed by atoms with Crippen molar-refractivity contribution in [2.75, 3.05) is 19.7 Å². The van der Waals surface area contributed by atoms with Crippen LogP contribution < -0.4 is 10.6 Å². The van der Waals surface area contributed by atoms with Gasteiger partial charge in [-0.25, -0.2) is 0 Å². The molecule has 0 aromatic heterocycles. The molecule has 2 N–H and O–H groups in total. The van der Waals surface area contributed by atoms with Gasteiger partial charge in [-0.15, -0.1) is 12.4 Å². The van der Waals surface area contributed by atoms with E-state index in [4.69, 9.17) is 4.74 Å². The lowest BCUT2D eigenvalue weighted by atomic mass is 9.94. The zero-order valence-electron chi connectivity index (χ0n) is 12.0.